The fourth-order valence-corrected chi connectivity index (χ4v) is 5.33. The quantitative estimate of drug-likeness (QED) is 0.383. The molecule has 35 heavy (non-hydrogen) atoms. The largest absolute Gasteiger partial charge is 0.378 e. The molecule has 7 heteroatoms. The molecule has 1 fully saturated rings. The second kappa shape index (κ2) is 9.15. The van der Waals surface area contributed by atoms with Gasteiger partial charge in [0.15, 0.2) is 5.11 Å². The molecule has 4 aromatic rings. The summed E-state index contributed by atoms with van der Waals surface area (Å²) in [6.45, 7) is 6.40. The number of hydrogen-bond acceptors (Lipinski definition) is 4. The van der Waals surface area contributed by atoms with Gasteiger partial charge >= 0.3 is 0 Å². The van der Waals surface area contributed by atoms with E-state index in [1.807, 2.05) is 44.7 Å². The number of benzene rings is 1. The zero-order valence-electron chi connectivity index (χ0n) is 20.7. The van der Waals surface area contributed by atoms with Crippen LogP contribution in [0.1, 0.15) is 40.3 Å². The van der Waals surface area contributed by atoms with Gasteiger partial charge in [-0.25, -0.2) is 4.98 Å². The Hall–Kier alpha value is -3.71. The van der Waals surface area contributed by atoms with Crippen LogP contribution in [0.25, 0.3) is 5.82 Å². The van der Waals surface area contributed by atoms with Crippen LogP contribution in [0.4, 0.5) is 11.4 Å². The Kier molecular flexibility index (Phi) is 6.03. The molecule has 178 valence electrons. The maximum absolute atomic E-state index is 5.92. The van der Waals surface area contributed by atoms with Crippen LogP contribution in [0.2, 0.25) is 0 Å². The molecule has 0 amide bonds. The fraction of sp³-hybridized carbons (Fsp3) is 0.250. The molecule has 0 aliphatic carbocycles. The molecule has 2 atom stereocenters. The summed E-state index contributed by atoms with van der Waals surface area (Å²) in [5.41, 5.74) is 7.79. The molecule has 0 unspecified atom stereocenters. The second-order valence-electron chi connectivity index (χ2n) is 9.21. The molecule has 1 aromatic carbocycles. The third kappa shape index (κ3) is 4.06. The molecule has 0 spiro atoms. The fourth-order valence-electron chi connectivity index (χ4n) is 4.98. The third-order valence-corrected chi connectivity index (χ3v) is 7.04. The van der Waals surface area contributed by atoms with E-state index in [0.717, 1.165) is 39.8 Å². The molecule has 3 aromatic heterocycles. The predicted octanol–water partition coefficient (Wildman–Crippen LogP) is 5.44. The molecular formula is C28H30N6S. The van der Waals surface area contributed by atoms with E-state index in [0.29, 0.717) is 5.11 Å². The average Bonchev–Trinajstić information content (AvgIpc) is 3.35. The molecule has 0 bridgehead atoms. The van der Waals surface area contributed by atoms with Gasteiger partial charge in [-0.2, -0.15) is 0 Å². The zero-order chi connectivity index (χ0) is 24.7. The van der Waals surface area contributed by atoms with Crippen LogP contribution in [0, 0.1) is 20.8 Å². The van der Waals surface area contributed by atoms with E-state index < -0.39 is 0 Å². The van der Waals surface area contributed by atoms with Gasteiger partial charge in [-0.05, 0) is 92.6 Å². The summed E-state index contributed by atoms with van der Waals surface area (Å²) in [6.07, 6.45) is 3.69. The molecule has 5 rings (SSSR count). The van der Waals surface area contributed by atoms with Crippen molar-refractivity contribution in [2.75, 3.05) is 23.9 Å². The topological polar surface area (TPSA) is 49.2 Å². The van der Waals surface area contributed by atoms with Gasteiger partial charge in [-0.15, -0.1) is 0 Å². The summed E-state index contributed by atoms with van der Waals surface area (Å²) in [7, 11) is 4.09. The number of rotatable bonds is 5. The van der Waals surface area contributed by atoms with Crippen molar-refractivity contribution in [3.8, 4) is 5.82 Å². The van der Waals surface area contributed by atoms with E-state index in [-0.39, 0.29) is 12.1 Å². The molecule has 0 saturated carbocycles. The number of nitrogens with one attached hydrogen (secondary N) is 1. The lowest BCUT2D eigenvalue weighted by molar-refractivity contribution is 0.565. The van der Waals surface area contributed by atoms with Crippen molar-refractivity contribution >= 4 is 28.7 Å². The average molecular weight is 483 g/mol. The van der Waals surface area contributed by atoms with Crippen LogP contribution < -0.4 is 15.1 Å². The Morgan fingerprint density at radius 2 is 1.66 bits per heavy atom. The van der Waals surface area contributed by atoms with Crippen molar-refractivity contribution in [2.24, 2.45) is 0 Å². The summed E-state index contributed by atoms with van der Waals surface area (Å²) < 4.78 is 2.24. The first-order chi connectivity index (χ1) is 16.9. The molecule has 6 nitrogen and oxygen atoms in total. The highest BCUT2D eigenvalue weighted by molar-refractivity contribution is 7.80. The van der Waals surface area contributed by atoms with Crippen LogP contribution in [0.15, 0.2) is 73.1 Å². The standard InChI is InChI=1S/C28H30N6S/c1-18-9-8-16-30-27(18)33-19(2)17-23(20(33)3)26-25(24-10-6-7-15-29-24)31-28(35)34(26)22-13-11-21(12-14-22)32(4)5/h6-17,25-26H,1-5H3,(H,31,35)/t25-,26+/m0/s1. The number of aromatic nitrogens is 3. The number of thiocarbonyl (C=S) groups is 1. The number of nitrogens with zero attached hydrogens (tertiary/aromatic N) is 5. The Balaban J connectivity index is 1.67. The smallest absolute Gasteiger partial charge is 0.174 e. The van der Waals surface area contributed by atoms with E-state index in [2.05, 4.69) is 82.9 Å². The van der Waals surface area contributed by atoms with Crippen LogP contribution >= 0.6 is 12.2 Å². The minimum absolute atomic E-state index is 0.0634. The van der Waals surface area contributed by atoms with E-state index in [9.17, 15) is 0 Å². The van der Waals surface area contributed by atoms with Crippen molar-refractivity contribution in [3.05, 3.63) is 101 Å². The molecule has 1 saturated heterocycles. The third-order valence-electron chi connectivity index (χ3n) is 6.72. The van der Waals surface area contributed by atoms with Gasteiger partial charge in [0.1, 0.15) is 5.82 Å². The van der Waals surface area contributed by atoms with Crippen molar-refractivity contribution in [2.45, 2.75) is 32.9 Å². The lowest BCUT2D eigenvalue weighted by atomic mass is 9.96. The van der Waals surface area contributed by atoms with Gasteiger partial charge < -0.3 is 19.7 Å². The van der Waals surface area contributed by atoms with Gasteiger partial charge in [-0.1, -0.05) is 12.1 Å². The summed E-state index contributed by atoms with van der Waals surface area (Å²) in [5, 5.41) is 4.27. The van der Waals surface area contributed by atoms with Gasteiger partial charge in [0, 0.05) is 49.3 Å². The molecule has 1 aliphatic heterocycles. The molecule has 0 radical (unpaired) electrons. The monoisotopic (exact) mass is 482 g/mol. The highest BCUT2D eigenvalue weighted by atomic mass is 32.1. The number of pyridine rings is 2. The lowest BCUT2D eigenvalue weighted by Crippen LogP contribution is -2.29. The van der Waals surface area contributed by atoms with Gasteiger partial charge in [0.05, 0.1) is 17.8 Å². The van der Waals surface area contributed by atoms with Crippen molar-refractivity contribution in [1.82, 2.24) is 19.9 Å². The predicted molar refractivity (Wildman–Crippen MR) is 146 cm³/mol. The van der Waals surface area contributed by atoms with Gasteiger partial charge in [0.25, 0.3) is 0 Å². The maximum Gasteiger partial charge on any atom is 0.174 e. The second-order valence-corrected chi connectivity index (χ2v) is 9.60. The first kappa shape index (κ1) is 23.1. The van der Waals surface area contributed by atoms with E-state index >= 15 is 0 Å². The van der Waals surface area contributed by atoms with Crippen LogP contribution in [-0.2, 0) is 0 Å². The summed E-state index contributed by atoms with van der Waals surface area (Å²) in [6, 6.07) is 20.8. The highest BCUT2D eigenvalue weighted by Crippen LogP contribution is 2.44. The molecule has 1 aliphatic rings. The van der Waals surface area contributed by atoms with Crippen molar-refractivity contribution < 1.29 is 0 Å². The number of aryl methyl sites for hydroxylation is 2. The van der Waals surface area contributed by atoms with Gasteiger partial charge in [0.2, 0.25) is 0 Å². The number of hydrogen-bond donors (Lipinski definition) is 1. The first-order valence-electron chi connectivity index (χ1n) is 11.8. The molecule has 1 N–H and O–H groups in total. The Morgan fingerprint density at radius 3 is 2.31 bits per heavy atom. The zero-order valence-corrected chi connectivity index (χ0v) is 21.5. The SMILES string of the molecule is Cc1cccnc1-n1c(C)cc([C@@H]2[C@H](c3ccccn3)NC(=S)N2c2ccc(N(C)C)cc2)c1C. The minimum atomic E-state index is -0.0870. The van der Waals surface area contributed by atoms with Crippen molar-refractivity contribution in [1.29, 1.82) is 0 Å². The molecule has 4 heterocycles. The summed E-state index contributed by atoms with van der Waals surface area (Å²) in [5.74, 6) is 0.957. The Bertz CT molecular complexity index is 1360. The first-order valence-corrected chi connectivity index (χ1v) is 12.2. The van der Waals surface area contributed by atoms with Crippen LogP contribution in [0.3, 0.4) is 0 Å². The van der Waals surface area contributed by atoms with Crippen molar-refractivity contribution in [3.63, 3.8) is 0 Å². The van der Waals surface area contributed by atoms with Crippen LogP contribution in [0.5, 0.6) is 0 Å². The normalized spacial score (nSPS) is 17.5. The Labute approximate surface area is 212 Å². The lowest BCUT2D eigenvalue weighted by Gasteiger charge is -2.28. The van der Waals surface area contributed by atoms with Gasteiger partial charge in [-0.3, -0.25) is 4.98 Å². The summed E-state index contributed by atoms with van der Waals surface area (Å²) >= 11 is 5.92. The maximum atomic E-state index is 5.92. The van der Waals surface area contributed by atoms with E-state index in [1.165, 1.54) is 5.56 Å². The number of anilines is 2. The molecular weight excluding hydrogens is 452 g/mol. The van der Waals surface area contributed by atoms with E-state index in [4.69, 9.17) is 22.2 Å². The highest BCUT2D eigenvalue weighted by Gasteiger charge is 2.42. The van der Waals surface area contributed by atoms with Crippen LogP contribution in [-0.4, -0.2) is 33.7 Å². The minimum Gasteiger partial charge on any atom is -0.378 e. The Morgan fingerprint density at radius 1 is 0.914 bits per heavy atom. The summed E-state index contributed by atoms with van der Waals surface area (Å²) in [4.78, 5) is 13.7. The van der Waals surface area contributed by atoms with E-state index in [1.54, 1.807) is 0 Å².